The summed E-state index contributed by atoms with van der Waals surface area (Å²) in [6, 6.07) is 7.21. The van der Waals surface area contributed by atoms with E-state index in [0.29, 0.717) is 5.56 Å². The van der Waals surface area contributed by atoms with Crippen LogP contribution >= 0.6 is 0 Å². The second-order valence-electron chi connectivity index (χ2n) is 6.59. The van der Waals surface area contributed by atoms with Crippen molar-refractivity contribution in [1.82, 2.24) is 4.90 Å². The summed E-state index contributed by atoms with van der Waals surface area (Å²) < 4.78 is 14.4. The SMILES string of the molecule is CCC(N1CCCCC1)C(N)(c1ccccc1F)C(C)C. The molecule has 0 spiro atoms. The van der Waals surface area contributed by atoms with Gasteiger partial charge in [0.05, 0.1) is 5.54 Å². The van der Waals surface area contributed by atoms with E-state index >= 15 is 0 Å². The molecular weight excluding hydrogens is 263 g/mol. The number of hydrogen-bond donors (Lipinski definition) is 1. The van der Waals surface area contributed by atoms with Crippen LogP contribution in [0.3, 0.4) is 0 Å². The number of nitrogens with two attached hydrogens (primary N) is 1. The van der Waals surface area contributed by atoms with Gasteiger partial charge in [-0.05, 0) is 44.3 Å². The van der Waals surface area contributed by atoms with Crippen LogP contribution in [0.1, 0.15) is 52.0 Å². The molecule has 1 aromatic carbocycles. The van der Waals surface area contributed by atoms with E-state index in [4.69, 9.17) is 5.73 Å². The minimum atomic E-state index is -0.641. The van der Waals surface area contributed by atoms with Gasteiger partial charge in [0.1, 0.15) is 5.82 Å². The van der Waals surface area contributed by atoms with Crippen molar-refractivity contribution < 1.29 is 4.39 Å². The predicted molar refractivity (Wildman–Crippen MR) is 86.6 cm³/mol. The van der Waals surface area contributed by atoms with Crippen molar-refractivity contribution in [3.05, 3.63) is 35.6 Å². The molecule has 1 aliphatic rings. The van der Waals surface area contributed by atoms with E-state index in [-0.39, 0.29) is 17.8 Å². The molecule has 0 aliphatic carbocycles. The lowest BCUT2D eigenvalue weighted by Crippen LogP contribution is -2.60. The summed E-state index contributed by atoms with van der Waals surface area (Å²) in [4.78, 5) is 2.48. The van der Waals surface area contributed by atoms with Gasteiger partial charge in [-0.2, -0.15) is 0 Å². The summed E-state index contributed by atoms with van der Waals surface area (Å²) in [6.45, 7) is 8.56. The molecule has 0 saturated carbocycles. The van der Waals surface area contributed by atoms with Crippen molar-refractivity contribution in [2.75, 3.05) is 13.1 Å². The number of halogens is 1. The summed E-state index contributed by atoms with van der Waals surface area (Å²) in [7, 11) is 0. The molecule has 1 aliphatic heterocycles. The summed E-state index contributed by atoms with van der Waals surface area (Å²) in [5.74, 6) is 0.00503. The molecule has 1 fully saturated rings. The molecular formula is C18H29FN2. The quantitative estimate of drug-likeness (QED) is 0.892. The van der Waals surface area contributed by atoms with Crippen molar-refractivity contribution in [2.24, 2.45) is 11.7 Å². The highest BCUT2D eigenvalue weighted by Crippen LogP contribution is 2.37. The molecule has 1 heterocycles. The Balaban J connectivity index is 2.42. The van der Waals surface area contributed by atoms with Crippen molar-refractivity contribution in [2.45, 2.75) is 58.0 Å². The first kappa shape index (κ1) is 16.4. The number of nitrogens with zero attached hydrogens (tertiary/aromatic N) is 1. The fourth-order valence-electron chi connectivity index (χ4n) is 3.82. The fraction of sp³-hybridized carbons (Fsp3) is 0.667. The van der Waals surface area contributed by atoms with Crippen LogP contribution in [-0.4, -0.2) is 24.0 Å². The zero-order valence-electron chi connectivity index (χ0n) is 13.6. The molecule has 1 saturated heterocycles. The molecule has 3 heteroatoms. The largest absolute Gasteiger partial charge is 0.320 e. The fourth-order valence-corrected chi connectivity index (χ4v) is 3.82. The van der Waals surface area contributed by atoms with Crippen LogP contribution in [0.15, 0.2) is 24.3 Å². The standard InChI is InChI=1S/C18H29FN2/c1-4-17(21-12-8-5-9-13-21)18(20,14(2)3)15-10-6-7-11-16(15)19/h6-7,10-11,14,17H,4-5,8-9,12-13,20H2,1-3H3. The molecule has 0 bridgehead atoms. The van der Waals surface area contributed by atoms with Gasteiger partial charge in [0.2, 0.25) is 0 Å². The van der Waals surface area contributed by atoms with Crippen LogP contribution in [0.25, 0.3) is 0 Å². The minimum absolute atomic E-state index is 0.177. The second kappa shape index (κ2) is 6.89. The summed E-state index contributed by atoms with van der Waals surface area (Å²) >= 11 is 0. The van der Waals surface area contributed by atoms with Crippen molar-refractivity contribution in [1.29, 1.82) is 0 Å². The third kappa shape index (κ3) is 3.14. The average Bonchev–Trinajstić information content (AvgIpc) is 2.49. The van der Waals surface area contributed by atoms with Crippen LogP contribution < -0.4 is 5.73 Å². The maximum atomic E-state index is 14.4. The van der Waals surface area contributed by atoms with Crippen molar-refractivity contribution in [3.63, 3.8) is 0 Å². The molecule has 2 atom stereocenters. The number of benzene rings is 1. The predicted octanol–water partition coefficient (Wildman–Crippen LogP) is 3.90. The van der Waals surface area contributed by atoms with E-state index in [1.807, 2.05) is 12.1 Å². The minimum Gasteiger partial charge on any atom is -0.320 e. The molecule has 2 unspecified atom stereocenters. The van der Waals surface area contributed by atoms with E-state index in [0.717, 1.165) is 19.5 Å². The van der Waals surface area contributed by atoms with Crippen LogP contribution in [-0.2, 0) is 5.54 Å². The average molecular weight is 292 g/mol. The molecule has 2 rings (SSSR count). The van der Waals surface area contributed by atoms with E-state index in [1.165, 1.54) is 25.3 Å². The zero-order chi connectivity index (χ0) is 15.5. The van der Waals surface area contributed by atoms with Gasteiger partial charge in [-0.25, -0.2) is 4.39 Å². The van der Waals surface area contributed by atoms with Crippen LogP contribution in [0, 0.1) is 11.7 Å². The molecule has 21 heavy (non-hydrogen) atoms. The Labute approximate surface area is 128 Å². The van der Waals surface area contributed by atoms with Gasteiger partial charge >= 0.3 is 0 Å². The van der Waals surface area contributed by atoms with E-state index in [2.05, 4.69) is 25.7 Å². The van der Waals surface area contributed by atoms with Crippen LogP contribution in [0.2, 0.25) is 0 Å². The number of hydrogen-bond acceptors (Lipinski definition) is 2. The van der Waals surface area contributed by atoms with Gasteiger partial charge in [-0.15, -0.1) is 0 Å². The maximum absolute atomic E-state index is 14.4. The third-order valence-corrected chi connectivity index (χ3v) is 5.07. The van der Waals surface area contributed by atoms with Crippen molar-refractivity contribution in [3.8, 4) is 0 Å². The first-order valence-electron chi connectivity index (χ1n) is 8.29. The Morgan fingerprint density at radius 3 is 2.33 bits per heavy atom. The van der Waals surface area contributed by atoms with Crippen LogP contribution in [0.5, 0.6) is 0 Å². The Morgan fingerprint density at radius 2 is 1.81 bits per heavy atom. The molecule has 1 aromatic rings. The third-order valence-electron chi connectivity index (χ3n) is 5.07. The smallest absolute Gasteiger partial charge is 0.128 e. The van der Waals surface area contributed by atoms with E-state index < -0.39 is 5.54 Å². The highest BCUT2D eigenvalue weighted by molar-refractivity contribution is 5.29. The van der Waals surface area contributed by atoms with Gasteiger partial charge in [-0.3, -0.25) is 4.90 Å². The maximum Gasteiger partial charge on any atom is 0.128 e. The molecule has 0 aromatic heterocycles. The highest BCUT2D eigenvalue weighted by Gasteiger charge is 2.43. The van der Waals surface area contributed by atoms with E-state index in [9.17, 15) is 4.39 Å². The lowest BCUT2D eigenvalue weighted by Gasteiger charge is -2.48. The normalized spacial score (nSPS) is 21.2. The molecule has 0 amide bonds. The Morgan fingerprint density at radius 1 is 1.19 bits per heavy atom. The van der Waals surface area contributed by atoms with Gasteiger partial charge in [0.25, 0.3) is 0 Å². The number of rotatable bonds is 5. The number of likely N-dealkylation sites (tertiary alicyclic amines) is 1. The Bertz CT molecular complexity index is 454. The highest BCUT2D eigenvalue weighted by atomic mass is 19.1. The lowest BCUT2D eigenvalue weighted by atomic mass is 9.73. The second-order valence-corrected chi connectivity index (χ2v) is 6.59. The molecule has 2 N–H and O–H groups in total. The van der Waals surface area contributed by atoms with Crippen LogP contribution in [0.4, 0.5) is 4.39 Å². The van der Waals surface area contributed by atoms with Gasteiger partial charge < -0.3 is 5.73 Å². The van der Waals surface area contributed by atoms with Gasteiger partial charge in [0, 0.05) is 11.6 Å². The Hall–Kier alpha value is -0.930. The summed E-state index contributed by atoms with van der Waals surface area (Å²) in [6.07, 6.45) is 4.69. The van der Waals surface area contributed by atoms with Crippen molar-refractivity contribution >= 4 is 0 Å². The zero-order valence-corrected chi connectivity index (χ0v) is 13.6. The molecule has 0 radical (unpaired) electrons. The number of piperidine rings is 1. The van der Waals surface area contributed by atoms with E-state index in [1.54, 1.807) is 6.07 Å². The van der Waals surface area contributed by atoms with Gasteiger partial charge in [-0.1, -0.05) is 45.4 Å². The lowest BCUT2D eigenvalue weighted by molar-refractivity contribution is 0.0655. The molecule has 2 nitrogen and oxygen atoms in total. The molecule has 118 valence electrons. The summed E-state index contributed by atoms with van der Waals surface area (Å²) in [5, 5.41) is 0. The first-order valence-corrected chi connectivity index (χ1v) is 8.29. The topological polar surface area (TPSA) is 29.3 Å². The van der Waals surface area contributed by atoms with Gasteiger partial charge in [0.15, 0.2) is 0 Å². The Kier molecular flexibility index (Phi) is 5.39. The first-order chi connectivity index (χ1) is 10.0. The monoisotopic (exact) mass is 292 g/mol. The summed E-state index contributed by atoms with van der Waals surface area (Å²) in [5.41, 5.74) is 6.89.